The fraction of sp³-hybridized carbons (Fsp3) is 0.526. The minimum absolute atomic E-state index is 0.0382. The summed E-state index contributed by atoms with van der Waals surface area (Å²) in [5.74, 6) is 0.311. The molecule has 32 heavy (non-hydrogen) atoms. The number of nitrogens with zero attached hydrogens (tertiary/aromatic N) is 6. The molecule has 2 aliphatic heterocycles. The van der Waals surface area contributed by atoms with Gasteiger partial charge in [-0.2, -0.15) is 18.3 Å². The molecular formula is C19H22F3N7O3. The molecule has 0 radical (unpaired) electrons. The van der Waals surface area contributed by atoms with Crippen LogP contribution in [0, 0.1) is 6.92 Å². The van der Waals surface area contributed by atoms with Crippen LogP contribution in [0.15, 0.2) is 23.3 Å². The second-order valence-corrected chi connectivity index (χ2v) is 7.64. The van der Waals surface area contributed by atoms with Crippen LogP contribution in [0.25, 0.3) is 0 Å². The van der Waals surface area contributed by atoms with Crippen molar-refractivity contribution in [3.8, 4) is 0 Å². The zero-order valence-electron chi connectivity index (χ0n) is 17.3. The summed E-state index contributed by atoms with van der Waals surface area (Å²) < 4.78 is 44.8. The number of carbonyl (C=O) groups excluding carboxylic acids is 1. The summed E-state index contributed by atoms with van der Waals surface area (Å²) in [6.07, 6.45) is -2.17. The molecule has 0 bridgehead atoms. The first-order chi connectivity index (χ1) is 15.2. The third-order valence-electron chi connectivity index (χ3n) is 5.40. The Kier molecular flexibility index (Phi) is 6.00. The SMILES string of the molecule is Cc1cnc(N2CCN(C(=O)[C@H]3CN(c4cc(C(F)(F)F)c(=O)[nH]n4)CCO3)CC2)nc1. The van der Waals surface area contributed by atoms with Crippen LogP contribution in [0.4, 0.5) is 24.9 Å². The van der Waals surface area contributed by atoms with Gasteiger partial charge < -0.3 is 19.4 Å². The molecule has 2 aromatic rings. The Hall–Kier alpha value is -3.22. The fourth-order valence-corrected chi connectivity index (χ4v) is 3.65. The molecule has 2 fully saturated rings. The highest BCUT2D eigenvalue weighted by Gasteiger charge is 2.37. The summed E-state index contributed by atoms with van der Waals surface area (Å²) in [5.41, 5.74) is -1.68. The van der Waals surface area contributed by atoms with Gasteiger partial charge in [0.2, 0.25) is 5.95 Å². The molecule has 4 rings (SSSR count). The van der Waals surface area contributed by atoms with E-state index < -0.39 is 23.4 Å². The van der Waals surface area contributed by atoms with Crippen LogP contribution >= 0.6 is 0 Å². The molecular weight excluding hydrogens is 431 g/mol. The molecule has 2 saturated heterocycles. The average molecular weight is 453 g/mol. The maximum atomic E-state index is 13.1. The molecule has 172 valence electrons. The number of amides is 1. The lowest BCUT2D eigenvalue weighted by molar-refractivity contribution is -0.144. The number of halogens is 3. The molecule has 2 aliphatic rings. The number of alkyl halides is 3. The first kappa shape index (κ1) is 22.0. The zero-order valence-corrected chi connectivity index (χ0v) is 17.3. The van der Waals surface area contributed by atoms with E-state index in [1.165, 1.54) is 4.90 Å². The first-order valence-corrected chi connectivity index (χ1v) is 10.1. The monoisotopic (exact) mass is 453 g/mol. The molecule has 1 N–H and O–H groups in total. The van der Waals surface area contributed by atoms with Crippen molar-refractivity contribution in [2.45, 2.75) is 19.2 Å². The molecule has 1 atom stereocenters. The van der Waals surface area contributed by atoms with E-state index in [1.807, 2.05) is 16.9 Å². The number of hydrogen-bond acceptors (Lipinski definition) is 8. The van der Waals surface area contributed by atoms with Crippen molar-refractivity contribution in [1.82, 2.24) is 25.1 Å². The molecule has 4 heterocycles. The van der Waals surface area contributed by atoms with E-state index in [9.17, 15) is 22.8 Å². The van der Waals surface area contributed by atoms with Gasteiger partial charge in [-0.25, -0.2) is 15.1 Å². The van der Waals surface area contributed by atoms with E-state index in [0.717, 1.165) is 5.56 Å². The standard InChI is InChI=1S/C19H22F3N7O3/c1-12-9-23-18(24-10-12)28-4-2-27(3-5-28)17(31)14-11-29(6-7-32-14)15-8-13(19(20,21)22)16(30)26-25-15/h8-10,14H,2-7,11H2,1H3,(H,26,30)/t14-/m1/s1. The third kappa shape index (κ3) is 4.66. The van der Waals surface area contributed by atoms with Crippen LogP contribution in [0.1, 0.15) is 11.1 Å². The lowest BCUT2D eigenvalue weighted by Gasteiger charge is -2.39. The van der Waals surface area contributed by atoms with E-state index in [1.54, 1.807) is 17.3 Å². The summed E-state index contributed by atoms with van der Waals surface area (Å²) in [5, 5.41) is 5.60. The fourth-order valence-electron chi connectivity index (χ4n) is 3.65. The van der Waals surface area contributed by atoms with Gasteiger partial charge in [-0.3, -0.25) is 9.59 Å². The molecule has 10 nitrogen and oxygen atoms in total. The molecule has 0 spiro atoms. The average Bonchev–Trinajstić information content (AvgIpc) is 2.79. The molecule has 1 amide bonds. The minimum atomic E-state index is -4.80. The van der Waals surface area contributed by atoms with Gasteiger partial charge in [0.1, 0.15) is 11.4 Å². The Morgan fingerprint density at radius 1 is 1.12 bits per heavy atom. The lowest BCUT2D eigenvalue weighted by Crippen LogP contribution is -2.56. The number of piperazine rings is 1. The number of ether oxygens (including phenoxy) is 1. The second-order valence-electron chi connectivity index (χ2n) is 7.64. The number of morpholine rings is 1. The van der Waals surface area contributed by atoms with Crippen molar-refractivity contribution in [2.24, 2.45) is 0 Å². The highest BCUT2D eigenvalue weighted by atomic mass is 19.4. The van der Waals surface area contributed by atoms with E-state index in [4.69, 9.17) is 4.74 Å². The summed E-state index contributed by atoms with van der Waals surface area (Å²) in [7, 11) is 0. The van der Waals surface area contributed by atoms with Crippen molar-refractivity contribution in [2.75, 3.05) is 55.7 Å². The van der Waals surface area contributed by atoms with E-state index >= 15 is 0 Å². The highest BCUT2D eigenvalue weighted by molar-refractivity contribution is 5.82. The van der Waals surface area contributed by atoms with Crippen molar-refractivity contribution in [1.29, 1.82) is 0 Å². The van der Waals surface area contributed by atoms with Crippen molar-refractivity contribution >= 4 is 17.7 Å². The summed E-state index contributed by atoms with van der Waals surface area (Å²) in [6.45, 7) is 4.35. The van der Waals surface area contributed by atoms with Gasteiger partial charge in [-0.05, 0) is 12.5 Å². The minimum Gasteiger partial charge on any atom is -0.365 e. The maximum absolute atomic E-state index is 13.1. The predicted molar refractivity (Wildman–Crippen MR) is 107 cm³/mol. The number of aryl methyl sites for hydroxylation is 1. The molecule has 0 aromatic carbocycles. The van der Waals surface area contributed by atoms with Gasteiger partial charge in [0.25, 0.3) is 11.5 Å². The summed E-state index contributed by atoms with van der Waals surface area (Å²) >= 11 is 0. The topological polar surface area (TPSA) is 108 Å². The van der Waals surface area contributed by atoms with Crippen LogP contribution in [-0.2, 0) is 15.7 Å². The molecule has 0 aliphatic carbocycles. The Morgan fingerprint density at radius 2 is 1.81 bits per heavy atom. The summed E-state index contributed by atoms with van der Waals surface area (Å²) in [4.78, 5) is 38.2. The number of H-pyrrole nitrogens is 1. The van der Waals surface area contributed by atoms with E-state index in [0.29, 0.717) is 38.2 Å². The zero-order chi connectivity index (χ0) is 22.9. The smallest absolute Gasteiger partial charge is 0.365 e. The van der Waals surface area contributed by atoms with Crippen LogP contribution in [0.2, 0.25) is 0 Å². The van der Waals surface area contributed by atoms with E-state index in [-0.39, 0.29) is 31.4 Å². The van der Waals surface area contributed by atoms with Crippen molar-refractivity contribution in [3.05, 3.63) is 39.9 Å². The molecule has 0 saturated carbocycles. The Labute approximate surface area is 181 Å². The van der Waals surface area contributed by atoms with Crippen LogP contribution < -0.4 is 15.4 Å². The highest BCUT2D eigenvalue weighted by Crippen LogP contribution is 2.28. The number of anilines is 2. The number of aromatic nitrogens is 4. The van der Waals surface area contributed by atoms with Crippen LogP contribution in [0.5, 0.6) is 0 Å². The maximum Gasteiger partial charge on any atom is 0.421 e. The summed E-state index contributed by atoms with van der Waals surface area (Å²) in [6, 6.07) is 0.700. The number of nitrogens with one attached hydrogen (secondary N) is 1. The lowest BCUT2D eigenvalue weighted by atomic mass is 10.2. The van der Waals surface area contributed by atoms with E-state index in [2.05, 4.69) is 15.1 Å². The number of rotatable bonds is 3. The normalized spacial score (nSPS) is 19.9. The number of carbonyl (C=O) groups is 1. The van der Waals surface area contributed by atoms with Gasteiger partial charge in [0.15, 0.2) is 6.10 Å². The number of hydrogen-bond donors (Lipinski definition) is 1. The Bertz CT molecular complexity index is 1020. The predicted octanol–water partition coefficient (Wildman–Crippen LogP) is 0.441. The van der Waals surface area contributed by atoms with Gasteiger partial charge >= 0.3 is 6.18 Å². The largest absolute Gasteiger partial charge is 0.421 e. The molecule has 13 heteroatoms. The quantitative estimate of drug-likeness (QED) is 0.714. The van der Waals surface area contributed by atoms with Crippen molar-refractivity contribution in [3.63, 3.8) is 0 Å². The molecule has 0 unspecified atom stereocenters. The Morgan fingerprint density at radius 3 is 2.47 bits per heavy atom. The van der Waals surface area contributed by atoms with Crippen molar-refractivity contribution < 1.29 is 22.7 Å². The second kappa shape index (κ2) is 8.73. The Balaban J connectivity index is 1.39. The third-order valence-corrected chi connectivity index (χ3v) is 5.40. The van der Waals surface area contributed by atoms with Crippen LogP contribution in [0.3, 0.4) is 0 Å². The van der Waals surface area contributed by atoms with Gasteiger partial charge in [0, 0.05) is 51.2 Å². The van der Waals surface area contributed by atoms with Crippen LogP contribution in [-0.4, -0.2) is 83.0 Å². The van der Waals surface area contributed by atoms with Gasteiger partial charge in [-0.15, -0.1) is 0 Å². The number of aromatic amines is 1. The van der Waals surface area contributed by atoms with Gasteiger partial charge in [0.05, 0.1) is 13.2 Å². The first-order valence-electron chi connectivity index (χ1n) is 10.1. The van der Waals surface area contributed by atoms with Gasteiger partial charge in [-0.1, -0.05) is 0 Å². The molecule has 2 aromatic heterocycles.